The summed E-state index contributed by atoms with van der Waals surface area (Å²) >= 11 is 0. The lowest BCUT2D eigenvalue weighted by atomic mass is 10.1. The number of hydrogen-bond donors (Lipinski definition) is 1. The van der Waals surface area contributed by atoms with E-state index in [0.717, 1.165) is 34.8 Å². The predicted molar refractivity (Wildman–Crippen MR) is 74.6 cm³/mol. The van der Waals surface area contributed by atoms with Crippen LogP contribution in [0, 0.1) is 12.1 Å². The number of aromatic nitrogens is 2. The summed E-state index contributed by atoms with van der Waals surface area (Å²) < 4.78 is 3.05. The number of hydrogen-bond acceptors (Lipinski definition) is 2. The summed E-state index contributed by atoms with van der Waals surface area (Å²) in [5.74, 6) is 0. The Morgan fingerprint density at radius 2 is 2.16 bits per heavy atom. The number of nitrogens with zero attached hydrogens (tertiary/aromatic N) is 2. The van der Waals surface area contributed by atoms with Crippen molar-refractivity contribution in [3.8, 4) is 11.3 Å². The third-order valence-electron chi connectivity index (χ3n) is 3.83. The van der Waals surface area contributed by atoms with Gasteiger partial charge in [-0.15, -0.1) is 0 Å². The Kier molecular flexibility index (Phi) is 3.25. The molecule has 1 fully saturated rings. The second-order valence-corrected chi connectivity index (χ2v) is 5.19. The van der Waals surface area contributed by atoms with Crippen LogP contribution in [0.1, 0.15) is 18.5 Å². The molecule has 1 N–H and O–H groups in total. The minimum atomic E-state index is 0.481. The van der Waals surface area contributed by atoms with E-state index in [9.17, 15) is 5.21 Å². The van der Waals surface area contributed by atoms with Gasteiger partial charge in [-0.1, -0.05) is 30.3 Å². The molecule has 19 heavy (non-hydrogen) atoms. The van der Waals surface area contributed by atoms with Crippen LogP contribution in [0.15, 0.2) is 36.7 Å². The lowest BCUT2D eigenvalue weighted by Gasteiger charge is -2.09. The zero-order valence-corrected chi connectivity index (χ0v) is 11.2. The minimum absolute atomic E-state index is 0.481. The molecule has 100 valence electrons. The zero-order valence-electron chi connectivity index (χ0n) is 11.2. The predicted octanol–water partition coefficient (Wildman–Crippen LogP) is 1.85. The number of nitrogens with one attached hydrogen (secondary N) is 1. The van der Waals surface area contributed by atoms with E-state index in [1.807, 2.05) is 25.1 Å². The molecule has 0 amide bonds. The van der Waals surface area contributed by atoms with Crippen LogP contribution in [-0.2, 0) is 6.54 Å². The molecule has 3 rings (SSSR count). The van der Waals surface area contributed by atoms with E-state index < -0.39 is 0 Å². The molecule has 1 aliphatic heterocycles. The van der Waals surface area contributed by atoms with Crippen molar-refractivity contribution in [2.45, 2.75) is 32.4 Å². The van der Waals surface area contributed by atoms with Crippen molar-refractivity contribution in [2.24, 2.45) is 0 Å². The van der Waals surface area contributed by atoms with E-state index in [1.165, 1.54) is 12.8 Å². The van der Waals surface area contributed by atoms with Gasteiger partial charge in [-0.2, -0.15) is 0 Å². The largest absolute Gasteiger partial charge is 0.711 e. The molecule has 1 atom stereocenters. The van der Waals surface area contributed by atoms with Crippen LogP contribution < -0.4 is 10.0 Å². The Hall–Kier alpha value is -1.81. The number of rotatable bonds is 3. The van der Waals surface area contributed by atoms with Gasteiger partial charge in [0.25, 0.3) is 0 Å². The average molecular weight is 257 g/mol. The van der Waals surface area contributed by atoms with E-state index in [4.69, 9.17) is 0 Å². The first-order valence-electron chi connectivity index (χ1n) is 6.83. The molecule has 0 bridgehead atoms. The van der Waals surface area contributed by atoms with Crippen LogP contribution in [-0.4, -0.2) is 17.2 Å². The van der Waals surface area contributed by atoms with Crippen LogP contribution in [0.25, 0.3) is 11.3 Å². The summed E-state index contributed by atoms with van der Waals surface area (Å²) in [6.07, 6.45) is 4.07. The van der Waals surface area contributed by atoms with Gasteiger partial charge in [0.05, 0.1) is 0 Å². The van der Waals surface area contributed by atoms with Crippen molar-refractivity contribution in [3.05, 3.63) is 47.6 Å². The molecule has 1 aliphatic rings. The molecular weight excluding hydrogens is 238 g/mol. The van der Waals surface area contributed by atoms with Crippen molar-refractivity contribution >= 4 is 0 Å². The van der Waals surface area contributed by atoms with Crippen molar-refractivity contribution in [1.29, 1.82) is 0 Å². The molecule has 0 radical (unpaired) electrons. The fourth-order valence-electron chi connectivity index (χ4n) is 2.84. The van der Waals surface area contributed by atoms with Crippen LogP contribution in [0.5, 0.6) is 0 Å². The summed E-state index contributed by atoms with van der Waals surface area (Å²) in [7, 11) is 0. The van der Waals surface area contributed by atoms with E-state index in [1.54, 1.807) is 6.33 Å². The maximum absolute atomic E-state index is 11.9. The van der Waals surface area contributed by atoms with Crippen molar-refractivity contribution in [1.82, 2.24) is 9.88 Å². The first-order chi connectivity index (χ1) is 9.25. The number of benzene rings is 1. The third kappa shape index (κ3) is 2.36. The van der Waals surface area contributed by atoms with Gasteiger partial charge in [0.2, 0.25) is 6.33 Å². The fourth-order valence-corrected chi connectivity index (χ4v) is 2.84. The zero-order chi connectivity index (χ0) is 13.2. The second-order valence-electron chi connectivity index (χ2n) is 5.19. The molecular formula is C15H19N3O. The first-order valence-corrected chi connectivity index (χ1v) is 6.83. The highest BCUT2D eigenvalue weighted by molar-refractivity contribution is 5.61. The molecule has 0 spiro atoms. The normalized spacial score (nSPS) is 18.9. The van der Waals surface area contributed by atoms with E-state index in [0.29, 0.717) is 6.04 Å². The highest BCUT2D eigenvalue weighted by atomic mass is 16.5. The van der Waals surface area contributed by atoms with Crippen LogP contribution in [0.2, 0.25) is 0 Å². The van der Waals surface area contributed by atoms with E-state index >= 15 is 0 Å². The van der Waals surface area contributed by atoms with Gasteiger partial charge in [-0.3, -0.25) is 0 Å². The summed E-state index contributed by atoms with van der Waals surface area (Å²) in [6.45, 7) is 3.83. The van der Waals surface area contributed by atoms with Crippen molar-refractivity contribution < 1.29 is 4.73 Å². The molecule has 1 saturated heterocycles. The van der Waals surface area contributed by atoms with Gasteiger partial charge < -0.3 is 10.5 Å². The first kappa shape index (κ1) is 12.2. The molecule has 2 aromatic rings. The van der Waals surface area contributed by atoms with E-state index in [2.05, 4.69) is 22.0 Å². The van der Waals surface area contributed by atoms with Gasteiger partial charge in [-0.05, 0) is 19.4 Å². The Bertz CT molecular complexity index is 556. The Balaban J connectivity index is 1.97. The molecule has 4 heteroatoms. The monoisotopic (exact) mass is 257 g/mol. The quantitative estimate of drug-likeness (QED) is 0.673. The Morgan fingerprint density at radius 3 is 2.84 bits per heavy atom. The standard InChI is InChI=1S/C15H19N3O/c1-12-15(13-6-3-2-4-7-13)17(11-18(12)19)10-14-8-5-9-16-14/h2-4,6-7,11,14,16H,5,8-10H2,1H3/t14-/m0/s1. The van der Waals surface area contributed by atoms with Crippen LogP contribution in [0.4, 0.5) is 0 Å². The molecule has 1 aromatic heterocycles. The summed E-state index contributed by atoms with van der Waals surface area (Å²) in [5, 5.41) is 15.4. The summed E-state index contributed by atoms with van der Waals surface area (Å²) in [6, 6.07) is 10.6. The smallest absolute Gasteiger partial charge is 0.247 e. The highest BCUT2D eigenvalue weighted by Crippen LogP contribution is 2.22. The topological polar surface area (TPSA) is 43.9 Å². The lowest BCUT2D eigenvalue weighted by molar-refractivity contribution is -0.611. The summed E-state index contributed by atoms with van der Waals surface area (Å²) in [4.78, 5) is 0. The SMILES string of the molecule is Cc1c(-c2ccccc2)n(C[C@@H]2CCCN2)c[n+]1[O-]. The Morgan fingerprint density at radius 1 is 1.37 bits per heavy atom. The molecule has 2 heterocycles. The molecule has 4 nitrogen and oxygen atoms in total. The average Bonchev–Trinajstić information content (AvgIpc) is 3.01. The van der Waals surface area contributed by atoms with Crippen molar-refractivity contribution in [3.63, 3.8) is 0 Å². The molecule has 1 aromatic carbocycles. The van der Waals surface area contributed by atoms with Crippen LogP contribution >= 0.6 is 0 Å². The molecule has 0 saturated carbocycles. The molecule has 0 unspecified atom stereocenters. The van der Waals surface area contributed by atoms with Crippen LogP contribution in [0.3, 0.4) is 0 Å². The minimum Gasteiger partial charge on any atom is -0.711 e. The fraction of sp³-hybridized carbons (Fsp3) is 0.400. The maximum Gasteiger partial charge on any atom is 0.247 e. The van der Waals surface area contributed by atoms with Gasteiger partial charge in [0, 0.05) is 18.5 Å². The van der Waals surface area contributed by atoms with Gasteiger partial charge in [-0.25, -0.2) is 9.30 Å². The van der Waals surface area contributed by atoms with Gasteiger partial charge in [0.15, 0.2) is 11.4 Å². The number of imidazole rings is 1. The van der Waals surface area contributed by atoms with Gasteiger partial charge >= 0.3 is 0 Å². The van der Waals surface area contributed by atoms with E-state index in [-0.39, 0.29) is 0 Å². The maximum atomic E-state index is 11.9. The molecule has 0 aliphatic carbocycles. The highest BCUT2D eigenvalue weighted by Gasteiger charge is 2.23. The Labute approximate surface area is 113 Å². The summed E-state index contributed by atoms with van der Waals surface area (Å²) in [5.41, 5.74) is 2.90. The van der Waals surface area contributed by atoms with Crippen molar-refractivity contribution in [2.75, 3.05) is 6.54 Å². The third-order valence-corrected chi connectivity index (χ3v) is 3.83. The lowest BCUT2D eigenvalue weighted by Crippen LogP contribution is -2.28. The second kappa shape index (κ2) is 5.05. The van der Waals surface area contributed by atoms with Gasteiger partial charge in [0.1, 0.15) is 6.54 Å².